The van der Waals surface area contributed by atoms with Crippen LogP contribution < -0.4 is 4.90 Å². The normalized spacial score (nSPS) is 15.5. The number of fused-ring (bicyclic) bond motifs is 1. The number of carbonyl (C=O) groups is 1. The van der Waals surface area contributed by atoms with Gasteiger partial charge >= 0.3 is 0 Å². The van der Waals surface area contributed by atoms with E-state index in [0.29, 0.717) is 5.56 Å². The van der Waals surface area contributed by atoms with E-state index in [1.165, 1.54) is 12.1 Å². The number of rotatable bonds is 3. The van der Waals surface area contributed by atoms with E-state index in [0.717, 1.165) is 42.7 Å². The number of pyridine rings is 1. The highest BCUT2D eigenvalue weighted by molar-refractivity contribution is 5.98. The Balaban J connectivity index is 1.45. The molecule has 126 valence electrons. The van der Waals surface area contributed by atoms with Gasteiger partial charge < -0.3 is 4.90 Å². The fraction of sp³-hybridized carbons (Fsp3) is 0.238. The predicted molar refractivity (Wildman–Crippen MR) is 97.4 cm³/mol. The molecular formula is C21H19FN2O. The number of carbonyl (C=O) groups excluding carboxylic acids is 1. The van der Waals surface area contributed by atoms with Gasteiger partial charge in [-0.2, -0.15) is 0 Å². The molecule has 0 atom stereocenters. The Kier molecular flexibility index (Phi) is 4.18. The highest BCUT2D eigenvalue weighted by atomic mass is 19.1. The minimum atomic E-state index is -0.311. The van der Waals surface area contributed by atoms with E-state index in [9.17, 15) is 9.18 Å². The monoisotopic (exact) mass is 334 g/mol. The highest BCUT2D eigenvalue weighted by Gasteiger charge is 2.26. The molecular weight excluding hydrogens is 315 g/mol. The molecule has 3 aromatic rings. The Morgan fingerprint density at radius 2 is 1.68 bits per heavy atom. The third kappa shape index (κ3) is 3.25. The molecule has 0 saturated carbocycles. The van der Waals surface area contributed by atoms with Crippen molar-refractivity contribution in [2.75, 3.05) is 18.0 Å². The number of anilines is 1. The highest BCUT2D eigenvalue weighted by Crippen LogP contribution is 2.26. The summed E-state index contributed by atoms with van der Waals surface area (Å²) in [7, 11) is 0. The average molecular weight is 334 g/mol. The van der Waals surface area contributed by atoms with E-state index in [-0.39, 0.29) is 17.5 Å². The van der Waals surface area contributed by atoms with Gasteiger partial charge in [0.05, 0.1) is 5.52 Å². The van der Waals surface area contributed by atoms with Gasteiger partial charge in [-0.25, -0.2) is 9.37 Å². The van der Waals surface area contributed by atoms with E-state index < -0.39 is 0 Å². The quantitative estimate of drug-likeness (QED) is 0.663. The number of halogens is 1. The van der Waals surface area contributed by atoms with Crippen LogP contribution in [0.15, 0.2) is 60.7 Å². The number of para-hydroxylation sites is 1. The summed E-state index contributed by atoms with van der Waals surface area (Å²) in [5, 5.41) is 1.13. The number of hydrogen-bond acceptors (Lipinski definition) is 3. The maximum absolute atomic E-state index is 13.0. The zero-order valence-electron chi connectivity index (χ0n) is 13.9. The van der Waals surface area contributed by atoms with Crippen molar-refractivity contribution in [3.8, 4) is 0 Å². The number of Topliss-reactive ketones (excluding diaryl/α,β-unsaturated/α-hetero) is 1. The second kappa shape index (κ2) is 6.63. The molecule has 2 heterocycles. The van der Waals surface area contributed by atoms with E-state index in [4.69, 9.17) is 4.98 Å². The van der Waals surface area contributed by atoms with Gasteiger partial charge in [0, 0.05) is 30.0 Å². The maximum atomic E-state index is 13.0. The van der Waals surface area contributed by atoms with Crippen LogP contribution in [0.3, 0.4) is 0 Å². The summed E-state index contributed by atoms with van der Waals surface area (Å²) in [5.74, 6) is 0.772. The topological polar surface area (TPSA) is 33.2 Å². The van der Waals surface area contributed by atoms with Crippen LogP contribution in [0.5, 0.6) is 0 Å². The molecule has 25 heavy (non-hydrogen) atoms. The van der Waals surface area contributed by atoms with E-state index in [1.54, 1.807) is 12.1 Å². The molecule has 1 aliphatic rings. The largest absolute Gasteiger partial charge is 0.357 e. The molecule has 0 N–H and O–H groups in total. The molecule has 3 nitrogen and oxygen atoms in total. The minimum absolute atomic E-state index is 0.00201. The number of aromatic nitrogens is 1. The standard InChI is InChI=1S/C21H19FN2O/c22-18-8-5-16(6-9-18)21(25)17-11-13-24(14-12-17)20-10-7-15-3-1-2-4-19(15)23-20/h1-10,17H,11-14H2. The Hall–Kier alpha value is -2.75. The molecule has 0 amide bonds. The van der Waals surface area contributed by atoms with Crippen molar-refractivity contribution >= 4 is 22.5 Å². The summed E-state index contributed by atoms with van der Waals surface area (Å²) < 4.78 is 13.0. The molecule has 1 fully saturated rings. The van der Waals surface area contributed by atoms with Gasteiger partial charge in [0.2, 0.25) is 0 Å². The van der Waals surface area contributed by atoms with Crippen LogP contribution in [-0.4, -0.2) is 23.9 Å². The van der Waals surface area contributed by atoms with E-state index in [1.807, 2.05) is 24.3 Å². The van der Waals surface area contributed by atoms with Crippen LogP contribution in [0.1, 0.15) is 23.2 Å². The SMILES string of the molecule is O=C(c1ccc(F)cc1)C1CCN(c2ccc3ccccc3n2)CC1. The van der Waals surface area contributed by atoms with Gasteiger partial charge in [0.15, 0.2) is 5.78 Å². The summed E-state index contributed by atoms with van der Waals surface area (Å²) in [6.45, 7) is 1.62. The van der Waals surface area contributed by atoms with Gasteiger partial charge in [-0.3, -0.25) is 4.79 Å². The molecule has 4 rings (SSSR count). The van der Waals surface area contributed by atoms with Crippen molar-refractivity contribution in [3.05, 3.63) is 72.0 Å². The zero-order valence-corrected chi connectivity index (χ0v) is 13.9. The zero-order chi connectivity index (χ0) is 17.2. The van der Waals surface area contributed by atoms with Crippen LogP contribution in [0.25, 0.3) is 10.9 Å². The molecule has 1 aliphatic heterocycles. The fourth-order valence-corrected chi connectivity index (χ4v) is 3.45. The molecule has 2 aromatic carbocycles. The Bertz CT molecular complexity index is 899. The summed E-state index contributed by atoms with van der Waals surface area (Å²) in [5.41, 5.74) is 1.59. The maximum Gasteiger partial charge on any atom is 0.166 e. The summed E-state index contributed by atoms with van der Waals surface area (Å²) in [6.07, 6.45) is 1.59. The third-order valence-corrected chi connectivity index (χ3v) is 4.90. The molecule has 4 heteroatoms. The number of ketones is 1. The minimum Gasteiger partial charge on any atom is -0.357 e. The smallest absolute Gasteiger partial charge is 0.166 e. The molecule has 0 bridgehead atoms. The summed E-state index contributed by atoms with van der Waals surface area (Å²) >= 11 is 0. The first-order chi connectivity index (χ1) is 12.2. The van der Waals surface area contributed by atoms with Gasteiger partial charge in [0.1, 0.15) is 11.6 Å². The molecule has 0 spiro atoms. The molecule has 0 radical (unpaired) electrons. The first-order valence-electron chi connectivity index (χ1n) is 8.61. The lowest BCUT2D eigenvalue weighted by molar-refractivity contribution is 0.0900. The van der Waals surface area contributed by atoms with Crippen molar-refractivity contribution in [1.82, 2.24) is 4.98 Å². The van der Waals surface area contributed by atoms with Crippen LogP contribution in [0, 0.1) is 11.7 Å². The van der Waals surface area contributed by atoms with Crippen LogP contribution in [0.4, 0.5) is 10.2 Å². The van der Waals surface area contributed by atoms with Gasteiger partial charge in [-0.1, -0.05) is 18.2 Å². The second-order valence-corrected chi connectivity index (χ2v) is 6.49. The fourth-order valence-electron chi connectivity index (χ4n) is 3.45. The number of benzene rings is 2. The third-order valence-electron chi connectivity index (χ3n) is 4.90. The summed E-state index contributed by atoms with van der Waals surface area (Å²) in [6, 6.07) is 18.1. The lowest BCUT2D eigenvalue weighted by Gasteiger charge is -2.32. The van der Waals surface area contributed by atoms with Crippen molar-refractivity contribution < 1.29 is 9.18 Å². The number of hydrogen-bond donors (Lipinski definition) is 0. The first kappa shape index (κ1) is 15.8. The lowest BCUT2D eigenvalue weighted by Crippen LogP contribution is -2.36. The Morgan fingerprint density at radius 1 is 0.960 bits per heavy atom. The second-order valence-electron chi connectivity index (χ2n) is 6.49. The molecule has 0 unspecified atom stereocenters. The Labute approximate surface area is 146 Å². The van der Waals surface area contributed by atoms with Crippen molar-refractivity contribution in [2.45, 2.75) is 12.8 Å². The van der Waals surface area contributed by atoms with Gasteiger partial charge in [0.25, 0.3) is 0 Å². The van der Waals surface area contributed by atoms with Crippen molar-refractivity contribution in [3.63, 3.8) is 0 Å². The van der Waals surface area contributed by atoms with Crippen LogP contribution in [-0.2, 0) is 0 Å². The lowest BCUT2D eigenvalue weighted by atomic mass is 9.89. The Morgan fingerprint density at radius 3 is 2.44 bits per heavy atom. The molecule has 1 aromatic heterocycles. The number of piperidine rings is 1. The van der Waals surface area contributed by atoms with Gasteiger partial charge in [-0.15, -0.1) is 0 Å². The van der Waals surface area contributed by atoms with Crippen LogP contribution >= 0.6 is 0 Å². The summed E-state index contributed by atoms with van der Waals surface area (Å²) in [4.78, 5) is 19.5. The van der Waals surface area contributed by atoms with Gasteiger partial charge in [-0.05, 0) is 55.3 Å². The molecule has 1 saturated heterocycles. The average Bonchev–Trinajstić information content (AvgIpc) is 2.68. The first-order valence-corrected chi connectivity index (χ1v) is 8.61. The van der Waals surface area contributed by atoms with Crippen molar-refractivity contribution in [2.24, 2.45) is 5.92 Å². The van der Waals surface area contributed by atoms with Crippen LogP contribution in [0.2, 0.25) is 0 Å². The van der Waals surface area contributed by atoms with Crippen molar-refractivity contribution in [1.29, 1.82) is 0 Å². The predicted octanol–water partition coefficient (Wildman–Crippen LogP) is 4.47. The molecule has 0 aliphatic carbocycles. The number of nitrogens with zero attached hydrogens (tertiary/aromatic N) is 2. The van der Waals surface area contributed by atoms with E-state index >= 15 is 0 Å². The van der Waals surface area contributed by atoms with E-state index in [2.05, 4.69) is 17.0 Å².